The number of aliphatic hydroxyl groups excluding tert-OH is 1. The van der Waals surface area contributed by atoms with E-state index in [0.29, 0.717) is 32.1 Å². The van der Waals surface area contributed by atoms with Gasteiger partial charge < -0.3 is 20.9 Å². The van der Waals surface area contributed by atoms with Gasteiger partial charge in [-0.1, -0.05) is 17.7 Å². The minimum atomic E-state index is -3.80. The average molecular weight is 533 g/mol. The smallest absolute Gasteiger partial charge is 0.261 e. The molecule has 9 nitrogen and oxygen atoms in total. The van der Waals surface area contributed by atoms with Gasteiger partial charge in [0.15, 0.2) is 0 Å². The first-order chi connectivity index (χ1) is 16.8. The standard InChI is InChI=1S/C23H21ClN4O5S2/c24-15-4-6-18(7-5-15)35(31,32)28-16-2-1-3-17(10-16)33-12-14-13-34-21-19(23(30)26-8-9-29)11-27-22(25)20(14)21/h1-7,10-11,13,28-29H,8-9,12H2,(H2,25,27)(H,26,30). The van der Waals surface area contributed by atoms with Crippen LogP contribution in [0.25, 0.3) is 10.1 Å². The first kappa shape index (κ1) is 24.7. The first-order valence-corrected chi connectivity index (χ1v) is 13.1. The van der Waals surface area contributed by atoms with Crippen molar-refractivity contribution in [3.63, 3.8) is 0 Å². The number of nitrogen functional groups attached to an aromatic ring is 1. The molecular weight excluding hydrogens is 512 g/mol. The molecule has 0 aliphatic carbocycles. The van der Waals surface area contributed by atoms with Crippen molar-refractivity contribution >= 4 is 60.5 Å². The van der Waals surface area contributed by atoms with Gasteiger partial charge in [0.05, 0.1) is 27.5 Å². The van der Waals surface area contributed by atoms with Crippen LogP contribution in [0.15, 0.2) is 65.0 Å². The minimum Gasteiger partial charge on any atom is -0.489 e. The van der Waals surface area contributed by atoms with Crippen LogP contribution >= 0.6 is 22.9 Å². The third-order valence-electron chi connectivity index (χ3n) is 4.95. The number of carbonyl (C=O) groups is 1. The van der Waals surface area contributed by atoms with Gasteiger partial charge in [0, 0.05) is 34.8 Å². The van der Waals surface area contributed by atoms with Gasteiger partial charge in [0.1, 0.15) is 18.2 Å². The summed E-state index contributed by atoms with van der Waals surface area (Å²) in [5.74, 6) is 0.346. The summed E-state index contributed by atoms with van der Waals surface area (Å²) in [4.78, 5) is 16.6. The highest BCUT2D eigenvalue weighted by atomic mass is 35.5. The summed E-state index contributed by atoms with van der Waals surface area (Å²) in [7, 11) is -3.80. The van der Waals surface area contributed by atoms with Gasteiger partial charge in [-0.05, 0) is 41.8 Å². The van der Waals surface area contributed by atoms with Crippen LogP contribution in [-0.2, 0) is 16.6 Å². The van der Waals surface area contributed by atoms with E-state index < -0.39 is 10.0 Å². The molecule has 0 aliphatic rings. The molecule has 4 rings (SSSR count). The molecule has 0 spiro atoms. The molecule has 0 fully saturated rings. The topological polar surface area (TPSA) is 144 Å². The number of halogens is 1. The monoisotopic (exact) mass is 532 g/mol. The number of anilines is 2. The molecule has 0 saturated carbocycles. The average Bonchev–Trinajstić information content (AvgIpc) is 3.26. The van der Waals surface area contributed by atoms with Gasteiger partial charge in [0.2, 0.25) is 0 Å². The molecule has 0 bridgehead atoms. The van der Waals surface area contributed by atoms with Crippen LogP contribution in [0.2, 0.25) is 5.02 Å². The van der Waals surface area contributed by atoms with Crippen LogP contribution in [0.4, 0.5) is 11.5 Å². The molecule has 12 heteroatoms. The molecule has 182 valence electrons. The fourth-order valence-corrected chi connectivity index (χ4v) is 5.55. The number of nitrogens with one attached hydrogen (secondary N) is 2. The number of nitrogens with two attached hydrogens (primary N) is 1. The quantitative estimate of drug-likeness (QED) is 0.257. The number of hydrogen-bond donors (Lipinski definition) is 4. The first-order valence-electron chi connectivity index (χ1n) is 10.3. The van der Waals surface area contributed by atoms with Crippen molar-refractivity contribution in [3.05, 3.63) is 76.3 Å². The van der Waals surface area contributed by atoms with Gasteiger partial charge >= 0.3 is 0 Å². The normalized spacial score (nSPS) is 11.4. The molecule has 1 amide bonds. The summed E-state index contributed by atoms with van der Waals surface area (Å²) in [6.07, 6.45) is 1.40. The van der Waals surface area contributed by atoms with E-state index in [2.05, 4.69) is 15.0 Å². The maximum atomic E-state index is 12.6. The van der Waals surface area contributed by atoms with E-state index in [1.54, 1.807) is 24.3 Å². The summed E-state index contributed by atoms with van der Waals surface area (Å²) in [5.41, 5.74) is 7.51. The van der Waals surface area contributed by atoms with E-state index in [9.17, 15) is 13.2 Å². The molecule has 0 aliphatic heterocycles. The van der Waals surface area contributed by atoms with Crippen LogP contribution in [0.3, 0.4) is 0 Å². The van der Waals surface area contributed by atoms with Crippen LogP contribution in [0, 0.1) is 0 Å². The van der Waals surface area contributed by atoms with Crippen molar-refractivity contribution in [3.8, 4) is 5.75 Å². The number of ether oxygens (including phenoxy) is 1. The van der Waals surface area contributed by atoms with Crippen molar-refractivity contribution in [1.82, 2.24) is 10.3 Å². The highest BCUT2D eigenvalue weighted by Gasteiger charge is 2.18. The molecule has 0 saturated heterocycles. The number of thiophene rings is 1. The van der Waals surface area contributed by atoms with Gasteiger partial charge in [0.25, 0.3) is 15.9 Å². The predicted octanol–water partition coefficient (Wildman–Crippen LogP) is 3.63. The predicted molar refractivity (Wildman–Crippen MR) is 136 cm³/mol. The molecule has 0 radical (unpaired) electrons. The number of carbonyl (C=O) groups excluding carboxylic acids is 1. The highest BCUT2D eigenvalue weighted by molar-refractivity contribution is 7.92. The number of aliphatic hydroxyl groups is 1. The Bertz CT molecular complexity index is 1470. The zero-order chi connectivity index (χ0) is 25.0. The fraction of sp³-hybridized carbons (Fsp3) is 0.130. The SMILES string of the molecule is Nc1ncc(C(=O)NCCO)c2scc(COc3cccc(NS(=O)(=O)c4ccc(Cl)cc4)c3)c12. The lowest BCUT2D eigenvalue weighted by Gasteiger charge is -2.11. The summed E-state index contributed by atoms with van der Waals surface area (Å²) < 4.78 is 34.4. The van der Waals surface area contributed by atoms with Gasteiger partial charge in [-0.15, -0.1) is 11.3 Å². The zero-order valence-corrected chi connectivity index (χ0v) is 20.6. The van der Waals surface area contributed by atoms with Crippen LogP contribution < -0.4 is 20.5 Å². The number of benzene rings is 2. The molecule has 0 unspecified atom stereocenters. The lowest BCUT2D eigenvalue weighted by Crippen LogP contribution is -2.26. The minimum absolute atomic E-state index is 0.0831. The number of amides is 1. The van der Waals surface area contributed by atoms with Crippen LogP contribution in [0.1, 0.15) is 15.9 Å². The number of sulfonamides is 1. The summed E-state index contributed by atoms with van der Waals surface area (Å²) >= 11 is 7.18. The maximum absolute atomic E-state index is 12.6. The van der Waals surface area contributed by atoms with Gasteiger partial charge in [-0.25, -0.2) is 13.4 Å². The van der Waals surface area contributed by atoms with E-state index in [1.807, 2.05) is 5.38 Å². The number of nitrogens with zero attached hydrogens (tertiary/aromatic N) is 1. The second-order valence-corrected chi connectivity index (χ2v) is 10.4. The lowest BCUT2D eigenvalue weighted by atomic mass is 10.1. The Hall–Kier alpha value is -3.38. The molecule has 35 heavy (non-hydrogen) atoms. The van der Waals surface area contributed by atoms with E-state index in [0.717, 1.165) is 5.56 Å². The Kier molecular flexibility index (Phi) is 7.41. The lowest BCUT2D eigenvalue weighted by molar-refractivity contribution is 0.0946. The largest absolute Gasteiger partial charge is 0.489 e. The van der Waals surface area contributed by atoms with Crippen molar-refractivity contribution < 1.29 is 23.1 Å². The third-order valence-corrected chi connectivity index (χ3v) is 7.66. The van der Waals surface area contributed by atoms with Crippen LogP contribution in [0.5, 0.6) is 5.75 Å². The van der Waals surface area contributed by atoms with E-state index in [-0.39, 0.29) is 36.4 Å². The van der Waals surface area contributed by atoms with Crippen molar-refractivity contribution in [1.29, 1.82) is 0 Å². The molecule has 5 N–H and O–H groups in total. The molecule has 2 aromatic carbocycles. The van der Waals surface area contributed by atoms with Crippen molar-refractivity contribution in [2.75, 3.05) is 23.6 Å². The highest BCUT2D eigenvalue weighted by Crippen LogP contribution is 2.33. The Morgan fingerprint density at radius 2 is 1.97 bits per heavy atom. The van der Waals surface area contributed by atoms with E-state index >= 15 is 0 Å². The fourth-order valence-electron chi connectivity index (χ4n) is 3.30. The summed E-state index contributed by atoms with van der Waals surface area (Å²) in [6, 6.07) is 12.4. The Labute approximate surface area is 210 Å². The number of pyridine rings is 1. The van der Waals surface area contributed by atoms with Gasteiger partial charge in [-0.3, -0.25) is 9.52 Å². The second kappa shape index (κ2) is 10.5. The number of rotatable bonds is 9. The Morgan fingerprint density at radius 1 is 1.20 bits per heavy atom. The van der Waals surface area contributed by atoms with Crippen LogP contribution in [-0.4, -0.2) is 37.6 Å². The van der Waals surface area contributed by atoms with Crippen molar-refractivity contribution in [2.45, 2.75) is 11.5 Å². The molecule has 4 aromatic rings. The molecule has 2 heterocycles. The third kappa shape index (κ3) is 5.65. The zero-order valence-electron chi connectivity index (χ0n) is 18.2. The maximum Gasteiger partial charge on any atom is 0.261 e. The van der Waals surface area contributed by atoms with E-state index in [4.69, 9.17) is 27.2 Å². The Balaban J connectivity index is 1.51. The molecule has 0 atom stereocenters. The summed E-state index contributed by atoms with van der Waals surface area (Å²) in [6.45, 7) is 0.0842. The van der Waals surface area contributed by atoms with Gasteiger partial charge in [-0.2, -0.15) is 0 Å². The number of fused-ring (bicyclic) bond motifs is 1. The number of hydrogen-bond acceptors (Lipinski definition) is 8. The number of aromatic nitrogens is 1. The Morgan fingerprint density at radius 3 is 2.71 bits per heavy atom. The second-order valence-electron chi connectivity index (χ2n) is 7.38. The molecule has 2 aromatic heterocycles. The summed E-state index contributed by atoms with van der Waals surface area (Å²) in [5, 5.41) is 14.4. The van der Waals surface area contributed by atoms with E-state index in [1.165, 1.54) is 41.8 Å². The van der Waals surface area contributed by atoms with Crippen molar-refractivity contribution in [2.24, 2.45) is 0 Å². The molecular formula is C23H21ClN4O5S2.